The number of benzene rings is 1. The van der Waals surface area contributed by atoms with Gasteiger partial charge in [0.2, 0.25) is 11.9 Å². The molecule has 2 aliphatic heterocycles. The van der Waals surface area contributed by atoms with Crippen LogP contribution in [0.3, 0.4) is 0 Å². The molecule has 0 radical (unpaired) electrons. The van der Waals surface area contributed by atoms with E-state index < -0.39 is 0 Å². The van der Waals surface area contributed by atoms with E-state index in [1.165, 1.54) is 0 Å². The maximum Gasteiger partial charge on any atom is 0.317 e. The smallest absolute Gasteiger partial charge is 0.317 e. The SMILES string of the molecule is CC(C)(C)NC(=O)N1CCC(CC(=O)Nc2ccc3cc2CCc2cncc(c2)Nc2ncc(Cl)c(n2)N3)CC1. The Balaban J connectivity index is 1.28. The molecule has 210 valence electrons. The molecule has 0 atom stereocenters. The monoisotopic (exact) mass is 562 g/mol. The topological polar surface area (TPSA) is 124 Å². The van der Waals surface area contributed by atoms with Crippen molar-refractivity contribution in [2.45, 2.75) is 58.4 Å². The largest absolute Gasteiger partial charge is 0.339 e. The average Bonchev–Trinajstić information content (AvgIpc) is 2.90. The molecule has 0 spiro atoms. The fourth-order valence-corrected chi connectivity index (χ4v) is 5.09. The van der Waals surface area contributed by atoms with Gasteiger partial charge >= 0.3 is 6.03 Å². The highest BCUT2D eigenvalue weighted by atomic mass is 35.5. The average molecular weight is 563 g/mol. The van der Waals surface area contributed by atoms with Gasteiger partial charge in [-0.1, -0.05) is 11.6 Å². The first kappa shape index (κ1) is 27.6. The molecule has 0 saturated carbocycles. The van der Waals surface area contributed by atoms with Crippen LogP contribution in [0.1, 0.15) is 51.2 Å². The van der Waals surface area contributed by atoms with Crippen molar-refractivity contribution in [2.75, 3.05) is 29.0 Å². The van der Waals surface area contributed by atoms with Crippen LogP contribution in [-0.2, 0) is 17.6 Å². The summed E-state index contributed by atoms with van der Waals surface area (Å²) in [5.74, 6) is 1.11. The Kier molecular flexibility index (Phi) is 8.07. The Morgan fingerprint density at radius 3 is 2.62 bits per heavy atom. The highest BCUT2D eigenvalue weighted by Gasteiger charge is 2.26. The summed E-state index contributed by atoms with van der Waals surface area (Å²) in [5.41, 5.74) is 4.15. The van der Waals surface area contributed by atoms with Crippen LogP contribution in [-0.4, -0.2) is 50.4 Å². The van der Waals surface area contributed by atoms with Gasteiger partial charge in [0.25, 0.3) is 0 Å². The molecule has 1 fully saturated rings. The minimum Gasteiger partial charge on any atom is -0.339 e. The highest BCUT2D eigenvalue weighted by Crippen LogP contribution is 2.30. The van der Waals surface area contributed by atoms with Crippen molar-refractivity contribution in [2.24, 2.45) is 5.92 Å². The van der Waals surface area contributed by atoms with Gasteiger partial charge in [0.1, 0.15) is 5.02 Å². The Bertz CT molecular complexity index is 1400. The maximum atomic E-state index is 13.1. The van der Waals surface area contributed by atoms with Crippen molar-refractivity contribution in [3.05, 3.63) is 59.0 Å². The number of pyridine rings is 1. The van der Waals surface area contributed by atoms with Crippen LogP contribution < -0.4 is 21.3 Å². The molecular formula is C29H35ClN8O2. The summed E-state index contributed by atoms with van der Waals surface area (Å²) in [5, 5.41) is 13.0. The van der Waals surface area contributed by atoms with E-state index >= 15 is 0 Å². The molecule has 3 amide bonds. The fraction of sp³-hybridized carbons (Fsp3) is 0.414. The Morgan fingerprint density at radius 2 is 1.85 bits per heavy atom. The first-order valence-electron chi connectivity index (χ1n) is 13.6. The number of likely N-dealkylation sites (tertiary alicyclic amines) is 1. The molecule has 4 heterocycles. The molecule has 4 N–H and O–H groups in total. The molecule has 10 nitrogen and oxygen atoms in total. The van der Waals surface area contributed by atoms with E-state index in [-0.39, 0.29) is 23.4 Å². The number of aromatic nitrogens is 3. The number of nitrogens with zero attached hydrogens (tertiary/aromatic N) is 4. The number of carbonyl (C=O) groups excluding carboxylic acids is 2. The normalized spacial score (nSPS) is 15.4. The van der Waals surface area contributed by atoms with Gasteiger partial charge in [0, 0.05) is 42.6 Å². The quantitative estimate of drug-likeness (QED) is 0.325. The van der Waals surface area contributed by atoms with E-state index in [4.69, 9.17) is 11.6 Å². The number of aryl methyl sites for hydroxylation is 2. The van der Waals surface area contributed by atoms with E-state index in [1.807, 2.05) is 56.1 Å². The first-order chi connectivity index (χ1) is 19.1. The lowest BCUT2D eigenvalue weighted by molar-refractivity contribution is -0.117. The summed E-state index contributed by atoms with van der Waals surface area (Å²) in [6.45, 7) is 7.23. The summed E-state index contributed by atoms with van der Waals surface area (Å²) in [6.07, 6.45) is 8.59. The number of carbonyl (C=O) groups is 2. The highest BCUT2D eigenvalue weighted by molar-refractivity contribution is 6.32. The van der Waals surface area contributed by atoms with Gasteiger partial charge in [-0.3, -0.25) is 9.78 Å². The first-order valence-corrected chi connectivity index (χ1v) is 14.0. The predicted molar refractivity (Wildman–Crippen MR) is 158 cm³/mol. The second-order valence-corrected chi connectivity index (χ2v) is 11.9. The van der Waals surface area contributed by atoms with Crippen molar-refractivity contribution < 1.29 is 9.59 Å². The van der Waals surface area contributed by atoms with Crippen LogP contribution in [0, 0.1) is 5.92 Å². The van der Waals surface area contributed by atoms with Crippen molar-refractivity contribution in [1.82, 2.24) is 25.2 Å². The van der Waals surface area contributed by atoms with E-state index in [9.17, 15) is 9.59 Å². The van der Waals surface area contributed by atoms with Crippen LogP contribution in [0.15, 0.2) is 42.9 Å². The van der Waals surface area contributed by atoms with E-state index in [0.29, 0.717) is 42.7 Å². The number of hydrogen-bond acceptors (Lipinski definition) is 7. The second kappa shape index (κ2) is 11.7. The van der Waals surface area contributed by atoms with Gasteiger partial charge in [-0.15, -0.1) is 0 Å². The minimum atomic E-state index is -0.271. The molecule has 6 bridgehead atoms. The third kappa shape index (κ3) is 7.18. The van der Waals surface area contributed by atoms with Crippen LogP contribution in [0.4, 0.5) is 33.6 Å². The zero-order valence-electron chi connectivity index (χ0n) is 23.1. The number of piperidine rings is 1. The van der Waals surface area contributed by atoms with Crippen molar-refractivity contribution in [3.8, 4) is 0 Å². The zero-order chi connectivity index (χ0) is 28.3. The molecule has 40 heavy (non-hydrogen) atoms. The molecule has 0 aliphatic carbocycles. The molecule has 0 unspecified atom stereocenters. The van der Waals surface area contributed by atoms with Gasteiger partial charge in [0.15, 0.2) is 5.82 Å². The Morgan fingerprint density at radius 1 is 1.05 bits per heavy atom. The van der Waals surface area contributed by atoms with Crippen molar-refractivity contribution >= 4 is 52.4 Å². The van der Waals surface area contributed by atoms with Crippen molar-refractivity contribution in [3.63, 3.8) is 0 Å². The number of nitrogens with one attached hydrogen (secondary N) is 4. The molecule has 1 saturated heterocycles. The minimum absolute atomic E-state index is 0.0196. The van der Waals surface area contributed by atoms with Crippen molar-refractivity contribution in [1.29, 1.82) is 0 Å². The zero-order valence-corrected chi connectivity index (χ0v) is 23.8. The Hall–Kier alpha value is -3.92. The van der Waals surface area contributed by atoms with E-state index in [0.717, 1.165) is 47.5 Å². The van der Waals surface area contributed by atoms with Gasteiger partial charge < -0.3 is 26.2 Å². The fourth-order valence-electron chi connectivity index (χ4n) is 4.96. The standard InChI is InChI=1S/C29H35ClN8O2/c1-29(2,3)37-28(40)38-10-8-18(9-11-38)13-25(39)35-24-7-6-21-14-20(24)5-4-19-12-22(16-31-15-19)34-27-32-17-23(30)26(33-21)36-27/h6-7,12,14-18H,4-5,8-11,13H2,1-3H3,(H,35,39)(H,37,40)(H2,32,33,34,36). The van der Waals surface area contributed by atoms with Gasteiger partial charge in [-0.2, -0.15) is 4.98 Å². The van der Waals surface area contributed by atoms with Gasteiger partial charge in [0.05, 0.1) is 18.1 Å². The molecule has 1 aromatic carbocycles. The number of halogens is 1. The maximum absolute atomic E-state index is 13.1. The summed E-state index contributed by atoms with van der Waals surface area (Å²) in [6, 6.07) is 7.81. The number of rotatable bonds is 3. The van der Waals surface area contributed by atoms with Gasteiger partial charge in [-0.25, -0.2) is 9.78 Å². The lowest BCUT2D eigenvalue weighted by Crippen LogP contribution is -2.50. The predicted octanol–water partition coefficient (Wildman–Crippen LogP) is 5.66. The number of amides is 3. The molecule has 5 rings (SSSR count). The van der Waals surface area contributed by atoms with Crippen LogP contribution in [0.25, 0.3) is 0 Å². The third-order valence-corrected chi connectivity index (χ3v) is 7.25. The van der Waals surface area contributed by atoms with E-state index in [2.05, 4.69) is 36.2 Å². The number of anilines is 5. The Labute approximate surface area is 239 Å². The summed E-state index contributed by atoms with van der Waals surface area (Å²) >= 11 is 6.37. The summed E-state index contributed by atoms with van der Waals surface area (Å²) in [4.78, 5) is 40.6. The van der Waals surface area contributed by atoms with Gasteiger partial charge in [-0.05, 0) is 87.8 Å². The van der Waals surface area contributed by atoms with Crippen LogP contribution in [0.5, 0.6) is 0 Å². The number of hydrogen-bond donors (Lipinski definition) is 4. The van der Waals surface area contributed by atoms with E-state index in [1.54, 1.807) is 12.4 Å². The molecule has 2 aromatic heterocycles. The van der Waals surface area contributed by atoms with Crippen LogP contribution >= 0.6 is 11.6 Å². The molecular weight excluding hydrogens is 528 g/mol. The second-order valence-electron chi connectivity index (χ2n) is 11.5. The summed E-state index contributed by atoms with van der Waals surface area (Å²) in [7, 11) is 0. The molecule has 11 heteroatoms. The summed E-state index contributed by atoms with van der Waals surface area (Å²) < 4.78 is 0. The number of urea groups is 1. The van der Waals surface area contributed by atoms with Crippen LogP contribution in [0.2, 0.25) is 5.02 Å². The third-order valence-electron chi connectivity index (χ3n) is 6.98. The lowest BCUT2D eigenvalue weighted by atomic mass is 9.93. The molecule has 3 aromatic rings. The molecule has 2 aliphatic rings. The number of fused-ring (bicyclic) bond motifs is 6. The lowest BCUT2D eigenvalue weighted by Gasteiger charge is -2.34.